The molecule has 1 aromatic heterocycles. The molecular formula is C12H17NO3S. The van der Waals surface area contributed by atoms with Crippen molar-refractivity contribution in [2.75, 3.05) is 19.4 Å². The lowest BCUT2D eigenvalue weighted by Gasteiger charge is -2.21. The van der Waals surface area contributed by atoms with E-state index in [2.05, 4.69) is 0 Å². The van der Waals surface area contributed by atoms with Gasteiger partial charge in [0, 0.05) is 6.54 Å². The lowest BCUT2D eigenvalue weighted by Crippen LogP contribution is -2.37. The summed E-state index contributed by atoms with van der Waals surface area (Å²) in [6.07, 6.45) is 3.82. The van der Waals surface area contributed by atoms with Crippen molar-refractivity contribution in [2.24, 2.45) is 0 Å². The first-order valence-electron chi connectivity index (χ1n) is 5.75. The van der Waals surface area contributed by atoms with Gasteiger partial charge in [0.1, 0.15) is 5.76 Å². The van der Waals surface area contributed by atoms with Crippen molar-refractivity contribution >= 4 is 17.7 Å². The van der Waals surface area contributed by atoms with Gasteiger partial charge in [-0.25, -0.2) is 0 Å². The van der Waals surface area contributed by atoms with Gasteiger partial charge in [0.2, 0.25) is 0 Å². The van der Waals surface area contributed by atoms with Crippen molar-refractivity contribution in [3.8, 4) is 0 Å². The third-order valence-corrected chi connectivity index (χ3v) is 3.58. The van der Waals surface area contributed by atoms with Crippen molar-refractivity contribution in [1.29, 1.82) is 0 Å². The van der Waals surface area contributed by atoms with Crippen LogP contribution < -0.4 is 0 Å². The summed E-state index contributed by atoms with van der Waals surface area (Å²) in [5, 5.41) is 9.19. The van der Waals surface area contributed by atoms with Gasteiger partial charge in [-0.15, -0.1) is 0 Å². The number of thioether (sulfide) groups is 1. The number of carbonyl (C=O) groups excluding carboxylic acids is 1. The highest BCUT2D eigenvalue weighted by Gasteiger charge is 2.30. The quantitative estimate of drug-likeness (QED) is 0.890. The zero-order valence-corrected chi connectivity index (χ0v) is 10.7. The van der Waals surface area contributed by atoms with E-state index in [9.17, 15) is 9.90 Å². The Morgan fingerprint density at radius 2 is 2.47 bits per heavy atom. The molecule has 1 atom stereocenters. The van der Waals surface area contributed by atoms with E-state index in [-0.39, 0.29) is 18.6 Å². The van der Waals surface area contributed by atoms with E-state index in [4.69, 9.17) is 4.42 Å². The fraction of sp³-hybridized carbons (Fsp3) is 0.583. The second-order valence-corrected chi connectivity index (χ2v) is 5.04. The number of aliphatic hydroxyl groups excluding tert-OH is 1. The lowest BCUT2D eigenvalue weighted by molar-refractivity contribution is 0.0644. The van der Waals surface area contributed by atoms with Gasteiger partial charge in [-0.1, -0.05) is 0 Å². The van der Waals surface area contributed by atoms with Crippen LogP contribution in [0.3, 0.4) is 0 Å². The molecule has 0 aliphatic carbocycles. The summed E-state index contributed by atoms with van der Waals surface area (Å²) in [6, 6.07) is 3.52. The molecule has 1 aromatic rings. The molecule has 0 aromatic carbocycles. The van der Waals surface area contributed by atoms with Crippen LogP contribution in [0.15, 0.2) is 16.5 Å². The fourth-order valence-corrected chi connectivity index (χ4v) is 2.59. The summed E-state index contributed by atoms with van der Waals surface area (Å²) in [7, 11) is 0. The number of hydrogen-bond acceptors (Lipinski definition) is 4. The Labute approximate surface area is 105 Å². The minimum absolute atomic E-state index is 0.0319. The minimum atomic E-state index is -0.103. The van der Waals surface area contributed by atoms with E-state index in [1.54, 1.807) is 22.7 Å². The molecule has 1 amide bonds. The number of hydrogen-bond donors (Lipinski definition) is 1. The third-order valence-electron chi connectivity index (χ3n) is 3.01. The predicted molar refractivity (Wildman–Crippen MR) is 67.1 cm³/mol. The van der Waals surface area contributed by atoms with Crippen LogP contribution in [0.2, 0.25) is 0 Å². The number of rotatable bonds is 4. The smallest absolute Gasteiger partial charge is 0.289 e. The Bertz CT molecular complexity index is 391. The third kappa shape index (κ3) is 2.66. The molecule has 1 fully saturated rings. The van der Waals surface area contributed by atoms with E-state index >= 15 is 0 Å². The Balaban J connectivity index is 2.07. The Morgan fingerprint density at radius 3 is 3.18 bits per heavy atom. The number of furan rings is 1. The minimum Gasteiger partial charge on any atom is -0.455 e. The summed E-state index contributed by atoms with van der Waals surface area (Å²) in [4.78, 5) is 13.9. The van der Waals surface area contributed by atoms with Gasteiger partial charge >= 0.3 is 0 Å². The number of amides is 1. The second-order valence-electron chi connectivity index (χ2n) is 4.18. The lowest BCUT2D eigenvalue weighted by atomic mass is 10.2. The molecule has 4 nitrogen and oxygen atoms in total. The maximum atomic E-state index is 12.1. The number of aliphatic hydroxyl groups is 1. The van der Waals surface area contributed by atoms with Crippen LogP contribution in [0.1, 0.15) is 29.2 Å². The molecule has 1 N–H and O–H groups in total. The Kier molecular flexibility index (Phi) is 4.12. The van der Waals surface area contributed by atoms with Gasteiger partial charge in [-0.05, 0) is 31.2 Å². The summed E-state index contributed by atoms with van der Waals surface area (Å²) in [6.45, 7) is 0.743. The maximum absolute atomic E-state index is 12.1. The average molecular weight is 255 g/mol. The number of carbonyl (C=O) groups is 1. The highest BCUT2D eigenvalue weighted by atomic mass is 32.2. The van der Waals surface area contributed by atoms with Crippen LogP contribution in [-0.4, -0.2) is 41.4 Å². The molecule has 5 heteroatoms. The van der Waals surface area contributed by atoms with Crippen LogP contribution in [0.25, 0.3) is 0 Å². The van der Waals surface area contributed by atoms with Gasteiger partial charge in [0.15, 0.2) is 5.76 Å². The number of nitrogens with zero attached hydrogens (tertiary/aromatic N) is 1. The monoisotopic (exact) mass is 255 g/mol. The molecule has 1 aliphatic heterocycles. The molecule has 0 saturated carbocycles. The Morgan fingerprint density at radius 1 is 1.65 bits per heavy atom. The second kappa shape index (κ2) is 5.60. The largest absolute Gasteiger partial charge is 0.455 e. The van der Waals surface area contributed by atoms with Crippen molar-refractivity contribution in [3.05, 3.63) is 23.7 Å². The summed E-state index contributed by atoms with van der Waals surface area (Å²) >= 11 is 1.66. The van der Waals surface area contributed by atoms with Gasteiger partial charge in [0.05, 0.1) is 18.4 Å². The molecule has 17 heavy (non-hydrogen) atoms. The normalized spacial score (nSPS) is 19.9. The molecule has 2 rings (SSSR count). The molecule has 1 saturated heterocycles. The van der Waals surface area contributed by atoms with E-state index in [1.807, 2.05) is 12.3 Å². The van der Waals surface area contributed by atoms with E-state index in [1.165, 1.54) is 0 Å². The fourth-order valence-electron chi connectivity index (χ4n) is 2.15. The van der Waals surface area contributed by atoms with Crippen molar-refractivity contribution in [1.82, 2.24) is 4.90 Å². The zero-order valence-electron chi connectivity index (χ0n) is 9.89. The van der Waals surface area contributed by atoms with Crippen molar-refractivity contribution < 1.29 is 14.3 Å². The van der Waals surface area contributed by atoms with Gasteiger partial charge < -0.3 is 14.4 Å². The van der Waals surface area contributed by atoms with Crippen molar-refractivity contribution in [3.63, 3.8) is 0 Å². The van der Waals surface area contributed by atoms with Gasteiger partial charge in [-0.3, -0.25) is 4.79 Å². The van der Waals surface area contributed by atoms with E-state index in [0.717, 1.165) is 24.4 Å². The summed E-state index contributed by atoms with van der Waals surface area (Å²) in [5.41, 5.74) is 0. The van der Waals surface area contributed by atoms with E-state index in [0.29, 0.717) is 12.3 Å². The molecule has 0 unspecified atom stereocenters. The molecule has 0 bridgehead atoms. The van der Waals surface area contributed by atoms with Crippen LogP contribution in [-0.2, 0) is 5.75 Å². The van der Waals surface area contributed by atoms with Gasteiger partial charge in [-0.2, -0.15) is 11.8 Å². The average Bonchev–Trinajstić information content (AvgIpc) is 2.96. The molecule has 0 radical (unpaired) electrons. The summed E-state index contributed by atoms with van der Waals surface area (Å²) < 4.78 is 5.50. The standard InChI is InChI=1S/C12H17NO3S/c1-17-8-10-4-5-11(16-10)12(15)13-6-2-3-9(13)7-14/h4-5,9,14H,2-3,6-8H2,1H3/t9-/m0/s1. The topological polar surface area (TPSA) is 53.7 Å². The molecule has 2 heterocycles. The van der Waals surface area contributed by atoms with Crippen molar-refractivity contribution in [2.45, 2.75) is 24.6 Å². The highest BCUT2D eigenvalue weighted by molar-refractivity contribution is 7.97. The van der Waals surface area contributed by atoms with Crippen LogP contribution in [0.4, 0.5) is 0 Å². The zero-order chi connectivity index (χ0) is 12.3. The SMILES string of the molecule is CSCc1ccc(C(=O)N2CCC[C@H]2CO)o1. The predicted octanol–water partition coefficient (Wildman–Crippen LogP) is 1.74. The first-order chi connectivity index (χ1) is 8.26. The first kappa shape index (κ1) is 12.5. The van der Waals surface area contributed by atoms with Crippen LogP contribution >= 0.6 is 11.8 Å². The molecule has 1 aliphatic rings. The molecule has 94 valence electrons. The summed E-state index contributed by atoms with van der Waals surface area (Å²) in [5.74, 6) is 1.88. The van der Waals surface area contributed by atoms with Crippen LogP contribution in [0.5, 0.6) is 0 Å². The van der Waals surface area contributed by atoms with Crippen LogP contribution in [0, 0.1) is 0 Å². The van der Waals surface area contributed by atoms with Gasteiger partial charge in [0.25, 0.3) is 5.91 Å². The molecule has 0 spiro atoms. The highest BCUT2D eigenvalue weighted by Crippen LogP contribution is 2.21. The first-order valence-corrected chi connectivity index (χ1v) is 7.15. The number of likely N-dealkylation sites (tertiary alicyclic amines) is 1. The van der Waals surface area contributed by atoms with E-state index < -0.39 is 0 Å². The maximum Gasteiger partial charge on any atom is 0.289 e. The molecular weight excluding hydrogens is 238 g/mol. The Hall–Kier alpha value is -0.940.